The fraction of sp³-hybridized carbons (Fsp3) is 0.423. The third-order valence-electron chi connectivity index (χ3n) is 6.99. The van der Waals surface area contributed by atoms with Gasteiger partial charge in [-0.25, -0.2) is 9.50 Å². The van der Waals surface area contributed by atoms with Crippen LogP contribution in [0.3, 0.4) is 0 Å². The summed E-state index contributed by atoms with van der Waals surface area (Å²) in [6.07, 6.45) is 7.95. The van der Waals surface area contributed by atoms with Crippen molar-refractivity contribution in [1.82, 2.24) is 29.3 Å². The van der Waals surface area contributed by atoms with Crippen LogP contribution in [0.4, 0.5) is 5.82 Å². The Bertz CT molecular complexity index is 1190. The number of aromatic nitrogens is 3. The number of nitrogens with one attached hydrogen (secondary N) is 1. The standard InChI is InChI=1S/C26H33N7O2/c1-30-12-14-31(15-13-30)10-5-8-24(35)32-11-9-22-21(16-32)17-33-25(22)26(27-19-28-33)29-23(18-34)20-6-3-2-4-7-20/h2-8,17,19,23,34H,9-16,18H2,1H3,(H,27,28,29)/b8-5+/t23-/m1/s1. The zero-order chi connectivity index (χ0) is 24.2. The van der Waals surface area contributed by atoms with Crippen molar-refractivity contribution in [1.29, 1.82) is 0 Å². The minimum absolute atomic E-state index is 0.0498. The van der Waals surface area contributed by atoms with Crippen molar-refractivity contribution >= 4 is 17.2 Å². The van der Waals surface area contributed by atoms with Crippen molar-refractivity contribution in [2.24, 2.45) is 0 Å². The third-order valence-corrected chi connectivity index (χ3v) is 6.99. The molecule has 1 atom stereocenters. The molecule has 0 aliphatic carbocycles. The van der Waals surface area contributed by atoms with Crippen molar-refractivity contribution in [2.75, 3.05) is 58.2 Å². The molecule has 2 aromatic heterocycles. The number of nitrogens with zero attached hydrogens (tertiary/aromatic N) is 6. The molecule has 5 rings (SSSR count). The van der Waals surface area contributed by atoms with E-state index in [1.54, 1.807) is 6.08 Å². The van der Waals surface area contributed by atoms with Gasteiger partial charge in [-0.15, -0.1) is 0 Å². The van der Waals surface area contributed by atoms with Gasteiger partial charge in [0.25, 0.3) is 0 Å². The maximum atomic E-state index is 12.9. The largest absolute Gasteiger partial charge is 0.394 e. The van der Waals surface area contributed by atoms with E-state index < -0.39 is 0 Å². The van der Waals surface area contributed by atoms with Gasteiger partial charge in [0.05, 0.1) is 12.6 Å². The van der Waals surface area contributed by atoms with Crippen molar-refractivity contribution < 1.29 is 9.90 Å². The Morgan fingerprint density at radius 3 is 2.74 bits per heavy atom. The number of carbonyl (C=O) groups excluding carboxylic acids is 1. The second kappa shape index (κ2) is 10.6. The topological polar surface area (TPSA) is 89.2 Å². The average molecular weight is 476 g/mol. The van der Waals surface area contributed by atoms with Gasteiger partial charge >= 0.3 is 0 Å². The van der Waals surface area contributed by atoms with Crippen molar-refractivity contribution in [3.63, 3.8) is 0 Å². The molecule has 1 aromatic carbocycles. The van der Waals surface area contributed by atoms with E-state index in [9.17, 15) is 9.90 Å². The van der Waals surface area contributed by atoms with Crippen LogP contribution in [0, 0.1) is 0 Å². The lowest BCUT2D eigenvalue weighted by Crippen LogP contribution is -2.44. The Hall–Kier alpha value is -3.27. The van der Waals surface area contributed by atoms with Crippen LogP contribution in [0.1, 0.15) is 22.7 Å². The average Bonchev–Trinajstić information content (AvgIpc) is 3.27. The summed E-state index contributed by atoms with van der Waals surface area (Å²) in [5.74, 6) is 0.741. The van der Waals surface area contributed by atoms with Crippen LogP contribution in [0.5, 0.6) is 0 Å². The van der Waals surface area contributed by atoms with E-state index in [-0.39, 0.29) is 18.6 Å². The number of fused-ring (bicyclic) bond motifs is 3. The molecule has 0 saturated carbocycles. The quantitative estimate of drug-likeness (QED) is 0.502. The summed E-state index contributed by atoms with van der Waals surface area (Å²) >= 11 is 0. The maximum absolute atomic E-state index is 12.9. The minimum Gasteiger partial charge on any atom is -0.394 e. The van der Waals surface area contributed by atoms with E-state index >= 15 is 0 Å². The Labute approximate surface area is 205 Å². The van der Waals surface area contributed by atoms with Gasteiger partial charge in [0.15, 0.2) is 5.82 Å². The van der Waals surface area contributed by atoms with Crippen LogP contribution in [0.15, 0.2) is 55.0 Å². The number of rotatable bonds is 7. The van der Waals surface area contributed by atoms with Gasteiger partial charge < -0.3 is 20.2 Å². The monoisotopic (exact) mass is 475 g/mol. The third kappa shape index (κ3) is 5.22. The van der Waals surface area contributed by atoms with Gasteiger partial charge in [-0.2, -0.15) is 5.10 Å². The molecule has 3 aromatic rings. The number of piperazine rings is 1. The highest BCUT2D eigenvalue weighted by Gasteiger charge is 2.25. The summed E-state index contributed by atoms with van der Waals surface area (Å²) < 4.78 is 1.83. The van der Waals surface area contributed by atoms with E-state index in [0.29, 0.717) is 18.9 Å². The van der Waals surface area contributed by atoms with Crippen molar-refractivity contribution in [2.45, 2.75) is 19.0 Å². The first-order valence-corrected chi connectivity index (χ1v) is 12.2. The van der Waals surface area contributed by atoms with Crippen LogP contribution in [-0.2, 0) is 17.8 Å². The molecular weight excluding hydrogens is 442 g/mol. The zero-order valence-corrected chi connectivity index (χ0v) is 20.2. The highest BCUT2D eigenvalue weighted by atomic mass is 16.3. The van der Waals surface area contributed by atoms with Gasteiger partial charge in [0, 0.05) is 58.1 Å². The summed E-state index contributed by atoms with van der Waals surface area (Å²) in [5.41, 5.74) is 4.14. The van der Waals surface area contributed by atoms with E-state index in [4.69, 9.17) is 0 Å². The number of amides is 1. The second-order valence-corrected chi connectivity index (χ2v) is 9.34. The number of carbonyl (C=O) groups is 1. The molecule has 1 fully saturated rings. The lowest BCUT2D eigenvalue weighted by Gasteiger charge is -2.31. The van der Waals surface area contributed by atoms with Crippen molar-refractivity contribution in [3.8, 4) is 0 Å². The number of anilines is 1. The predicted molar refractivity (Wildman–Crippen MR) is 135 cm³/mol. The number of benzene rings is 1. The smallest absolute Gasteiger partial charge is 0.246 e. The minimum atomic E-state index is -0.271. The number of hydrogen-bond acceptors (Lipinski definition) is 7. The van der Waals surface area contributed by atoms with Crippen molar-refractivity contribution in [3.05, 3.63) is 71.7 Å². The normalized spacial score (nSPS) is 18.2. The molecule has 0 bridgehead atoms. The molecule has 0 spiro atoms. The molecule has 1 saturated heterocycles. The molecule has 2 N–H and O–H groups in total. The van der Waals surface area contributed by atoms with Crippen LogP contribution in [0.25, 0.3) is 5.52 Å². The molecule has 0 radical (unpaired) electrons. The summed E-state index contributed by atoms with van der Waals surface area (Å²) in [4.78, 5) is 24.0. The molecule has 0 unspecified atom stereocenters. The van der Waals surface area contributed by atoms with E-state index in [1.807, 2.05) is 52.0 Å². The molecule has 4 heterocycles. The maximum Gasteiger partial charge on any atom is 0.246 e. The first-order chi connectivity index (χ1) is 17.1. The van der Waals surface area contributed by atoms with Gasteiger partial charge in [-0.1, -0.05) is 36.4 Å². The summed E-state index contributed by atoms with van der Waals surface area (Å²) in [5, 5.41) is 17.8. The molecule has 1 amide bonds. The molecule has 184 valence electrons. The number of hydrogen-bond donors (Lipinski definition) is 2. The first kappa shape index (κ1) is 23.5. The van der Waals surface area contributed by atoms with E-state index in [1.165, 1.54) is 6.33 Å². The first-order valence-electron chi connectivity index (χ1n) is 12.2. The predicted octanol–water partition coefficient (Wildman–Crippen LogP) is 1.56. The lowest BCUT2D eigenvalue weighted by atomic mass is 10.0. The molecule has 2 aliphatic heterocycles. The summed E-state index contributed by atoms with van der Waals surface area (Å²) in [7, 11) is 2.14. The zero-order valence-electron chi connectivity index (χ0n) is 20.2. The SMILES string of the molecule is CN1CCN(C/C=C/C(=O)N2CCc3c(cn4ncnc(N[C@H](CO)c5ccccc5)c34)C2)CC1. The van der Waals surface area contributed by atoms with Gasteiger partial charge in [0.2, 0.25) is 5.91 Å². The Morgan fingerprint density at radius 2 is 1.97 bits per heavy atom. The fourth-order valence-electron chi connectivity index (χ4n) is 4.89. The Balaban J connectivity index is 1.28. The van der Waals surface area contributed by atoms with Crippen LogP contribution >= 0.6 is 0 Å². The van der Waals surface area contributed by atoms with E-state index in [2.05, 4.69) is 32.2 Å². The fourth-order valence-corrected chi connectivity index (χ4v) is 4.89. The molecule has 9 nitrogen and oxygen atoms in total. The van der Waals surface area contributed by atoms with Crippen LogP contribution in [-0.4, -0.2) is 93.2 Å². The number of likely N-dealkylation sites (N-methyl/N-ethyl adjacent to an activating group) is 1. The molecule has 35 heavy (non-hydrogen) atoms. The van der Waals surface area contributed by atoms with Crippen LogP contribution < -0.4 is 5.32 Å². The van der Waals surface area contributed by atoms with Gasteiger partial charge in [-0.05, 0) is 30.2 Å². The van der Waals surface area contributed by atoms with Gasteiger partial charge in [0.1, 0.15) is 11.8 Å². The molecule has 9 heteroatoms. The number of aliphatic hydroxyl groups is 1. The Kier molecular flexibility index (Phi) is 7.08. The highest BCUT2D eigenvalue weighted by Crippen LogP contribution is 2.30. The second-order valence-electron chi connectivity index (χ2n) is 9.34. The molecular formula is C26H33N7O2. The summed E-state index contributed by atoms with van der Waals surface area (Å²) in [6, 6.07) is 9.58. The molecule has 2 aliphatic rings. The Morgan fingerprint density at radius 1 is 1.17 bits per heavy atom. The number of aliphatic hydroxyl groups excluding tert-OH is 1. The lowest BCUT2D eigenvalue weighted by molar-refractivity contribution is -0.126. The van der Waals surface area contributed by atoms with E-state index in [0.717, 1.165) is 61.4 Å². The summed E-state index contributed by atoms with van der Waals surface area (Å²) in [6.45, 7) is 6.19. The van der Waals surface area contributed by atoms with Gasteiger partial charge in [-0.3, -0.25) is 9.69 Å². The highest BCUT2D eigenvalue weighted by molar-refractivity contribution is 5.88. The van der Waals surface area contributed by atoms with Crippen LogP contribution in [0.2, 0.25) is 0 Å².